The van der Waals surface area contributed by atoms with Crippen LogP contribution in [0.5, 0.6) is 0 Å². The van der Waals surface area contributed by atoms with Crippen molar-refractivity contribution < 1.29 is 14.0 Å². The van der Waals surface area contributed by atoms with Crippen LogP contribution in [0, 0.1) is 5.82 Å². The van der Waals surface area contributed by atoms with Crippen molar-refractivity contribution >= 4 is 23.5 Å². The molecule has 3 amide bonds. The lowest BCUT2D eigenvalue weighted by molar-refractivity contribution is -0.130. The van der Waals surface area contributed by atoms with Crippen molar-refractivity contribution in [3.8, 4) is 0 Å². The molecule has 1 aliphatic rings. The Morgan fingerprint density at radius 2 is 1.43 bits per heavy atom. The number of halogens is 2. The van der Waals surface area contributed by atoms with Gasteiger partial charge < -0.3 is 5.32 Å². The SMILES string of the molecule is O=C1NC(c2ccccc2)(c2ccccc2)C(=O)N1Cc1c(F)cccc1Cl. The van der Waals surface area contributed by atoms with Crippen LogP contribution < -0.4 is 5.32 Å². The highest BCUT2D eigenvalue weighted by atomic mass is 35.5. The fourth-order valence-corrected chi connectivity index (χ4v) is 3.72. The maximum Gasteiger partial charge on any atom is 0.325 e. The number of imide groups is 1. The molecule has 140 valence electrons. The van der Waals surface area contributed by atoms with Gasteiger partial charge in [-0.1, -0.05) is 78.3 Å². The number of benzene rings is 3. The molecule has 3 aromatic carbocycles. The van der Waals surface area contributed by atoms with Gasteiger partial charge in [-0.25, -0.2) is 9.18 Å². The number of carbonyl (C=O) groups is 2. The molecular weight excluding hydrogens is 379 g/mol. The van der Waals surface area contributed by atoms with Gasteiger partial charge >= 0.3 is 6.03 Å². The monoisotopic (exact) mass is 394 g/mol. The summed E-state index contributed by atoms with van der Waals surface area (Å²) >= 11 is 6.10. The maximum absolute atomic E-state index is 14.2. The molecule has 0 spiro atoms. The molecule has 1 heterocycles. The van der Waals surface area contributed by atoms with Crippen LogP contribution in [-0.2, 0) is 16.9 Å². The quantitative estimate of drug-likeness (QED) is 0.663. The average Bonchev–Trinajstić information content (AvgIpc) is 2.97. The Bertz CT molecular complexity index is 981. The fraction of sp³-hybridized carbons (Fsp3) is 0.0909. The number of hydrogen-bond donors (Lipinski definition) is 1. The minimum atomic E-state index is -1.38. The van der Waals surface area contributed by atoms with Crippen molar-refractivity contribution in [2.75, 3.05) is 0 Å². The van der Waals surface area contributed by atoms with E-state index in [1.807, 2.05) is 12.1 Å². The Labute approximate surface area is 166 Å². The van der Waals surface area contributed by atoms with E-state index in [2.05, 4.69) is 5.32 Å². The molecule has 4 rings (SSSR count). The zero-order valence-corrected chi connectivity index (χ0v) is 15.5. The van der Waals surface area contributed by atoms with E-state index in [0.717, 1.165) is 4.90 Å². The first kappa shape index (κ1) is 18.2. The standard InChI is InChI=1S/C22H16ClFN2O2/c23-18-12-7-13-19(24)17(18)14-26-20(27)22(25-21(26)28,15-8-3-1-4-9-15)16-10-5-2-6-11-16/h1-13H,14H2,(H,25,28). The van der Waals surface area contributed by atoms with Crippen molar-refractivity contribution in [3.05, 3.63) is 106 Å². The summed E-state index contributed by atoms with van der Waals surface area (Å²) in [5.41, 5.74) is -0.0231. The number of nitrogens with one attached hydrogen (secondary N) is 1. The van der Waals surface area contributed by atoms with E-state index in [1.165, 1.54) is 18.2 Å². The van der Waals surface area contributed by atoms with Crippen molar-refractivity contribution in [1.82, 2.24) is 10.2 Å². The molecule has 4 nitrogen and oxygen atoms in total. The largest absolute Gasteiger partial charge is 0.325 e. The van der Waals surface area contributed by atoms with Crippen LogP contribution in [0.25, 0.3) is 0 Å². The summed E-state index contributed by atoms with van der Waals surface area (Å²) in [5.74, 6) is -1.04. The number of nitrogens with zero attached hydrogens (tertiary/aromatic N) is 1. The second-order valence-corrected chi connectivity index (χ2v) is 6.91. The first-order valence-electron chi connectivity index (χ1n) is 8.72. The second-order valence-electron chi connectivity index (χ2n) is 6.50. The number of hydrogen-bond acceptors (Lipinski definition) is 2. The molecule has 0 unspecified atom stereocenters. The highest BCUT2D eigenvalue weighted by Gasteiger charge is 2.53. The normalized spacial score (nSPS) is 15.6. The van der Waals surface area contributed by atoms with Gasteiger partial charge in [-0.15, -0.1) is 0 Å². The minimum absolute atomic E-state index is 0.101. The zero-order valence-electron chi connectivity index (χ0n) is 14.7. The third kappa shape index (κ3) is 2.84. The Morgan fingerprint density at radius 3 is 1.96 bits per heavy atom. The van der Waals surface area contributed by atoms with Crippen LogP contribution in [0.1, 0.15) is 16.7 Å². The van der Waals surface area contributed by atoms with Crippen molar-refractivity contribution in [2.45, 2.75) is 12.1 Å². The van der Waals surface area contributed by atoms with Gasteiger partial charge in [0.2, 0.25) is 0 Å². The third-order valence-electron chi connectivity index (χ3n) is 4.90. The smallest absolute Gasteiger partial charge is 0.315 e. The highest BCUT2D eigenvalue weighted by molar-refractivity contribution is 6.31. The van der Waals surface area contributed by atoms with Crippen LogP contribution in [0.4, 0.5) is 9.18 Å². The van der Waals surface area contributed by atoms with Gasteiger partial charge in [-0.05, 0) is 23.3 Å². The summed E-state index contributed by atoms with van der Waals surface area (Å²) in [7, 11) is 0. The predicted octanol–water partition coefficient (Wildman–Crippen LogP) is 4.47. The summed E-state index contributed by atoms with van der Waals surface area (Å²) in [4.78, 5) is 27.3. The lowest BCUT2D eigenvalue weighted by Crippen LogP contribution is -2.45. The van der Waals surface area contributed by atoms with Gasteiger partial charge in [0, 0.05) is 10.6 Å². The van der Waals surface area contributed by atoms with Crippen LogP contribution >= 0.6 is 11.6 Å². The molecule has 1 saturated heterocycles. The highest BCUT2D eigenvalue weighted by Crippen LogP contribution is 2.37. The van der Waals surface area contributed by atoms with Gasteiger partial charge in [-0.3, -0.25) is 9.69 Å². The first-order valence-corrected chi connectivity index (χ1v) is 9.10. The first-order chi connectivity index (χ1) is 13.5. The van der Waals surface area contributed by atoms with Gasteiger partial charge in [0.25, 0.3) is 5.91 Å². The van der Waals surface area contributed by atoms with Gasteiger partial charge in [-0.2, -0.15) is 0 Å². The van der Waals surface area contributed by atoms with Crippen LogP contribution in [0.3, 0.4) is 0 Å². The fourth-order valence-electron chi connectivity index (χ4n) is 3.50. The lowest BCUT2D eigenvalue weighted by Gasteiger charge is -2.28. The van der Waals surface area contributed by atoms with Crippen LogP contribution in [0.2, 0.25) is 5.02 Å². The van der Waals surface area contributed by atoms with Gasteiger partial charge in [0.05, 0.1) is 6.54 Å². The number of amides is 3. The summed E-state index contributed by atoms with van der Waals surface area (Å²) < 4.78 is 14.2. The molecular formula is C22H16ClFN2O2. The second kappa shape index (κ2) is 7.09. The zero-order chi connectivity index (χ0) is 19.7. The van der Waals surface area contributed by atoms with E-state index in [-0.39, 0.29) is 17.1 Å². The molecule has 3 aromatic rings. The van der Waals surface area contributed by atoms with Crippen LogP contribution in [0.15, 0.2) is 78.9 Å². The molecule has 0 bridgehead atoms. The lowest BCUT2D eigenvalue weighted by atomic mass is 9.82. The topological polar surface area (TPSA) is 49.4 Å². The molecule has 0 aliphatic carbocycles. The van der Waals surface area contributed by atoms with E-state index in [9.17, 15) is 14.0 Å². The minimum Gasteiger partial charge on any atom is -0.315 e. The molecule has 28 heavy (non-hydrogen) atoms. The van der Waals surface area contributed by atoms with E-state index in [1.54, 1.807) is 48.5 Å². The van der Waals surface area contributed by atoms with E-state index < -0.39 is 23.3 Å². The third-order valence-corrected chi connectivity index (χ3v) is 5.25. The molecule has 6 heteroatoms. The van der Waals surface area contributed by atoms with Gasteiger partial charge in [0.15, 0.2) is 5.54 Å². The summed E-state index contributed by atoms with van der Waals surface area (Å²) in [6.07, 6.45) is 0. The van der Waals surface area contributed by atoms with Crippen molar-refractivity contribution in [3.63, 3.8) is 0 Å². The molecule has 0 aromatic heterocycles. The molecule has 0 saturated carbocycles. The number of rotatable bonds is 4. The van der Waals surface area contributed by atoms with E-state index >= 15 is 0 Å². The molecule has 0 radical (unpaired) electrons. The summed E-state index contributed by atoms with van der Waals surface area (Å²) in [6, 6.07) is 21.7. The Kier molecular flexibility index (Phi) is 4.61. The summed E-state index contributed by atoms with van der Waals surface area (Å²) in [5, 5.41) is 3.00. The molecule has 1 aliphatic heterocycles. The predicted molar refractivity (Wildman–Crippen MR) is 104 cm³/mol. The Morgan fingerprint density at radius 1 is 0.857 bits per heavy atom. The Balaban J connectivity index is 1.82. The van der Waals surface area contributed by atoms with Crippen molar-refractivity contribution in [2.24, 2.45) is 0 Å². The molecule has 0 atom stereocenters. The van der Waals surface area contributed by atoms with Crippen molar-refractivity contribution in [1.29, 1.82) is 0 Å². The number of urea groups is 1. The van der Waals surface area contributed by atoms with Crippen LogP contribution in [-0.4, -0.2) is 16.8 Å². The van der Waals surface area contributed by atoms with E-state index in [0.29, 0.717) is 11.1 Å². The summed E-state index contributed by atoms with van der Waals surface area (Å²) in [6.45, 7) is -0.252. The molecule has 1 fully saturated rings. The number of carbonyl (C=O) groups excluding carboxylic acids is 2. The molecule has 1 N–H and O–H groups in total. The van der Waals surface area contributed by atoms with E-state index in [4.69, 9.17) is 11.6 Å². The van der Waals surface area contributed by atoms with Gasteiger partial charge in [0.1, 0.15) is 5.82 Å². The Hall–Kier alpha value is -3.18. The maximum atomic E-state index is 14.2. The average molecular weight is 395 g/mol.